The Morgan fingerprint density at radius 2 is 2.00 bits per heavy atom. The van der Waals surface area contributed by atoms with Crippen LogP contribution >= 0.6 is 0 Å². The summed E-state index contributed by atoms with van der Waals surface area (Å²) in [5.41, 5.74) is 7.38. The highest BCUT2D eigenvalue weighted by Crippen LogP contribution is 2.27. The van der Waals surface area contributed by atoms with E-state index in [0.29, 0.717) is 18.7 Å². The van der Waals surface area contributed by atoms with Gasteiger partial charge in [0.25, 0.3) is 0 Å². The Balaban J connectivity index is 2.04. The fourth-order valence-corrected chi connectivity index (χ4v) is 2.92. The third kappa shape index (κ3) is 3.35. The predicted molar refractivity (Wildman–Crippen MR) is 80.8 cm³/mol. The van der Waals surface area contributed by atoms with Crippen molar-refractivity contribution in [1.29, 1.82) is 0 Å². The molecule has 0 aromatic heterocycles. The lowest BCUT2D eigenvalue weighted by molar-refractivity contribution is -0.149. The highest BCUT2D eigenvalue weighted by atomic mass is 16.4. The zero-order chi connectivity index (χ0) is 15.6. The number of carboxylic acid groups (broad SMARTS) is 1. The summed E-state index contributed by atoms with van der Waals surface area (Å²) in [6, 6.07) is 6.77. The van der Waals surface area contributed by atoms with E-state index in [-0.39, 0.29) is 17.7 Å². The molecule has 0 radical (unpaired) electrons. The first-order chi connectivity index (χ1) is 9.90. The molecule has 1 aromatic carbocycles. The lowest BCUT2D eigenvalue weighted by Gasteiger charge is -2.25. The molecule has 1 aromatic rings. The third-order valence-corrected chi connectivity index (χ3v) is 4.26. The van der Waals surface area contributed by atoms with E-state index in [1.807, 2.05) is 38.1 Å². The largest absolute Gasteiger partial charge is 0.480 e. The van der Waals surface area contributed by atoms with Gasteiger partial charge in [-0.2, -0.15) is 0 Å². The maximum atomic E-state index is 12.4. The van der Waals surface area contributed by atoms with Crippen molar-refractivity contribution in [1.82, 2.24) is 4.90 Å². The normalized spacial score (nSPS) is 23.0. The van der Waals surface area contributed by atoms with Crippen LogP contribution in [0.2, 0.25) is 0 Å². The predicted octanol–water partition coefficient (Wildman–Crippen LogP) is 2.08. The van der Waals surface area contributed by atoms with Crippen molar-refractivity contribution in [2.75, 3.05) is 12.3 Å². The number of benzene rings is 1. The second-order valence-corrected chi connectivity index (χ2v) is 5.91. The Morgan fingerprint density at radius 1 is 1.38 bits per heavy atom. The Morgan fingerprint density at radius 3 is 2.57 bits per heavy atom. The van der Waals surface area contributed by atoms with Gasteiger partial charge in [0.05, 0.1) is 0 Å². The van der Waals surface area contributed by atoms with E-state index in [2.05, 4.69) is 0 Å². The molecule has 1 aliphatic rings. The van der Waals surface area contributed by atoms with Crippen LogP contribution in [-0.4, -0.2) is 34.5 Å². The number of likely N-dealkylation sites (tertiary alicyclic amines) is 1. The van der Waals surface area contributed by atoms with Crippen LogP contribution in [0.3, 0.4) is 0 Å². The van der Waals surface area contributed by atoms with Gasteiger partial charge in [0.15, 0.2) is 0 Å². The van der Waals surface area contributed by atoms with Gasteiger partial charge >= 0.3 is 5.97 Å². The number of carbonyl (C=O) groups is 2. The number of amides is 1. The van der Waals surface area contributed by atoms with Crippen molar-refractivity contribution in [2.45, 2.75) is 38.6 Å². The third-order valence-electron chi connectivity index (χ3n) is 4.26. The van der Waals surface area contributed by atoms with Gasteiger partial charge < -0.3 is 15.7 Å². The number of carbonyl (C=O) groups excluding carboxylic acids is 1. The zero-order valence-corrected chi connectivity index (χ0v) is 12.5. The Labute approximate surface area is 124 Å². The van der Waals surface area contributed by atoms with Gasteiger partial charge in [0, 0.05) is 18.7 Å². The molecular weight excluding hydrogens is 268 g/mol. The SMILES string of the molecule is CC(CC(=O)N1CCC(C)C1C(=O)O)c1ccc(N)cc1. The van der Waals surface area contributed by atoms with Crippen molar-refractivity contribution < 1.29 is 14.7 Å². The Kier molecular flexibility index (Phi) is 4.50. The minimum atomic E-state index is -0.909. The summed E-state index contributed by atoms with van der Waals surface area (Å²) in [5.74, 6) is -0.939. The van der Waals surface area contributed by atoms with Crippen molar-refractivity contribution in [3.05, 3.63) is 29.8 Å². The van der Waals surface area contributed by atoms with Crippen molar-refractivity contribution >= 4 is 17.6 Å². The molecule has 0 saturated carbocycles. The molecule has 1 heterocycles. The average molecular weight is 290 g/mol. The van der Waals surface area contributed by atoms with Crippen molar-refractivity contribution in [3.8, 4) is 0 Å². The number of anilines is 1. The van der Waals surface area contributed by atoms with Crippen LogP contribution in [-0.2, 0) is 9.59 Å². The maximum Gasteiger partial charge on any atom is 0.326 e. The van der Waals surface area contributed by atoms with Gasteiger partial charge in [-0.15, -0.1) is 0 Å². The number of nitrogens with zero attached hydrogens (tertiary/aromatic N) is 1. The number of aliphatic carboxylic acids is 1. The van der Waals surface area contributed by atoms with Crippen LogP contribution < -0.4 is 5.73 Å². The molecule has 5 nitrogen and oxygen atoms in total. The molecule has 114 valence electrons. The summed E-state index contributed by atoms with van der Waals surface area (Å²) in [7, 11) is 0. The summed E-state index contributed by atoms with van der Waals surface area (Å²) in [6.45, 7) is 4.39. The van der Waals surface area contributed by atoms with E-state index in [4.69, 9.17) is 5.73 Å². The first-order valence-corrected chi connectivity index (χ1v) is 7.28. The average Bonchev–Trinajstić information content (AvgIpc) is 2.81. The van der Waals surface area contributed by atoms with E-state index >= 15 is 0 Å². The Bertz CT molecular complexity index is 527. The molecule has 3 unspecified atom stereocenters. The number of nitrogen functional groups attached to an aromatic ring is 1. The van der Waals surface area contributed by atoms with Gasteiger partial charge in [0.2, 0.25) is 5.91 Å². The van der Waals surface area contributed by atoms with Crippen molar-refractivity contribution in [2.24, 2.45) is 5.92 Å². The van der Waals surface area contributed by atoms with Crippen LogP contribution in [0.1, 0.15) is 38.2 Å². The highest BCUT2D eigenvalue weighted by molar-refractivity contribution is 5.85. The molecule has 1 amide bonds. The summed E-state index contributed by atoms with van der Waals surface area (Å²) < 4.78 is 0. The van der Waals surface area contributed by atoms with Gasteiger partial charge in [-0.25, -0.2) is 4.79 Å². The van der Waals surface area contributed by atoms with Gasteiger partial charge in [-0.3, -0.25) is 4.79 Å². The smallest absolute Gasteiger partial charge is 0.326 e. The van der Waals surface area contributed by atoms with E-state index in [1.165, 1.54) is 4.90 Å². The number of hydrogen-bond acceptors (Lipinski definition) is 3. The van der Waals surface area contributed by atoms with Gasteiger partial charge in [0.1, 0.15) is 6.04 Å². The van der Waals surface area contributed by atoms with E-state index in [9.17, 15) is 14.7 Å². The van der Waals surface area contributed by atoms with E-state index in [0.717, 1.165) is 12.0 Å². The summed E-state index contributed by atoms with van der Waals surface area (Å²) >= 11 is 0. The maximum absolute atomic E-state index is 12.4. The quantitative estimate of drug-likeness (QED) is 0.832. The molecule has 5 heteroatoms. The second kappa shape index (κ2) is 6.16. The van der Waals surface area contributed by atoms with Gasteiger partial charge in [-0.1, -0.05) is 26.0 Å². The number of hydrogen-bond donors (Lipinski definition) is 2. The lowest BCUT2D eigenvalue weighted by Crippen LogP contribution is -2.43. The standard InChI is InChI=1S/C16H22N2O3/c1-10-7-8-18(15(10)16(20)21)14(19)9-11(2)12-3-5-13(17)6-4-12/h3-6,10-11,15H,7-9,17H2,1-2H3,(H,20,21). The highest BCUT2D eigenvalue weighted by Gasteiger charge is 2.39. The number of nitrogens with two attached hydrogens (primary N) is 1. The molecule has 21 heavy (non-hydrogen) atoms. The fraction of sp³-hybridized carbons (Fsp3) is 0.500. The van der Waals surface area contributed by atoms with Crippen LogP contribution in [0.15, 0.2) is 24.3 Å². The van der Waals surface area contributed by atoms with Crippen molar-refractivity contribution in [3.63, 3.8) is 0 Å². The van der Waals surface area contributed by atoms with Crippen LogP contribution in [0.4, 0.5) is 5.69 Å². The summed E-state index contributed by atoms with van der Waals surface area (Å²) in [5, 5.41) is 9.28. The monoisotopic (exact) mass is 290 g/mol. The molecule has 1 aliphatic heterocycles. The molecule has 0 bridgehead atoms. The van der Waals surface area contributed by atoms with E-state index < -0.39 is 12.0 Å². The lowest BCUT2D eigenvalue weighted by atomic mass is 9.96. The zero-order valence-electron chi connectivity index (χ0n) is 12.5. The fourth-order valence-electron chi connectivity index (χ4n) is 2.92. The summed E-state index contributed by atoms with van der Waals surface area (Å²) in [4.78, 5) is 25.2. The molecule has 3 atom stereocenters. The molecular formula is C16H22N2O3. The summed E-state index contributed by atoms with van der Waals surface area (Å²) in [6.07, 6.45) is 1.07. The number of carboxylic acids is 1. The second-order valence-electron chi connectivity index (χ2n) is 5.91. The van der Waals surface area contributed by atoms with Gasteiger partial charge in [-0.05, 0) is 36.0 Å². The first-order valence-electron chi connectivity index (χ1n) is 7.28. The topological polar surface area (TPSA) is 83.6 Å². The van der Waals surface area contributed by atoms with Crippen LogP contribution in [0, 0.1) is 5.92 Å². The van der Waals surface area contributed by atoms with Crippen LogP contribution in [0.5, 0.6) is 0 Å². The Hall–Kier alpha value is -2.04. The molecule has 1 saturated heterocycles. The minimum Gasteiger partial charge on any atom is -0.480 e. The first kappa shape index (κ1) is 15.4. The van der Waals surface area contributed by atoms with Crippen LogP contribution in [0.25, 0.3) is 0 Å². The molecule has 0 spiro atoms. The molecule has 0 aliphatic carbocycles. The van der Waals surface area contributed by atoms with E-state index in [1.54, 1.807) is 0 Å². The molecule has 1 fully saturated rings. The minimum absolute atomic E-state index is 0.0123. The number of rotatable bonds is 4. The molecule has 2 rings (SSSR count). The molecule has 3 N–H and O–H groups in total.